The number of aryl methyl sites for hydroxylation is 2. The van der Waals surface area contributed by atoms with E-state index in [2.05, 4.69) is 33.0 Å². The maximum Gasteiger partial charge on any atom is 0.113 e. The number of hydrogen-bond acceptors (Lipinski definition) is 3. The van der Waals surface area contributed by atoms with E-state index in [0.717, 1.165) is 12.5 Å². The van der Waals surface area contributed by atoms with Crippen LogP contribution in [0.3, 0.4) is 0 Å². The van der Waals surface area contributed by atoms with E-state index >= 15 is 0 Å². The van der Waals surface area contributed by atoms with Gasteiger partial charge in [0.2, 0.25) is 0 Å². The zero-order valence-corrected chi connectivity index (χ0v) is 13.7. The topological polar surface area (TPSA) is 24.9 Å². The SMILES string of the molecule is CCCC(CCC)(NC1CC1)c1nc(CC)c(C)s1. The van der Waals surface area contributed by atoms with E-state index in [0.29, 0.717) is 0 Å². The average molecular weight is 280 g/mol. The minimum Gasteiger partial charge on any atom is -0.303 e. The molecule has 1 heterocycles. The largest absolute Gasteiger partial charge is 0.303 e. The first-order valence-electron chi connectivity index (χ1n) is 7.89. The highest BCUT2D eigenvalue weighted by Gasteiger charge is 2.38. The summed E-state index contributed by atoms with van der Waals surface area (Å²) in [6, 6.07) is 0.743. The summed E-state index contributed by atoms with van der Waals surface area (Å²) in [4.78, 5) is 6.38. The van der Waals surface area contributed by atoms with Crippen LogP contribution in [0.1, 0.15) is 74.9 Å². The van der Waals surface area contributed by atoms with Crippen LogP contribution in [0.2, 0.25) is 0 Å². The van der Waals surface area contributed by atoms with Crippen LogP contribution in [0.4, 0.5) is 0 Å². The van der Waals surface area contributed by atoms with Crippen molar-refractivity contribution in [3.8, 4) is 0 Å². The fourth-order valence-corrected chi connectivity index (χ4v) is 4.19. The lowest BCUT2D eigenvalue weighted by Crippen LogP contribution is -2.43. The first kappa shape index (κ1) is 15.0. The van der Waals surface area contributed by atoms with Crippen LogP contribution in [0.15, 0.2) is 0 Å². The van der Waals surface area contributed by atoms with Gasteiger partial charge < -0.3 is 5.32 Å². The molecule has 3 heteroatoms. The average Bonchev–Trinajstić information content (AvgIpc) is 3.10. The molecule has 0 aliphatic heterocycles. The predicted molar refractivity (Wildman–Crippen MR) is 83.9 cm³/mol. The molecule has 2 nitrogen and oxygen atoms in total. The highest BCUT2D eigenvalue weighted by molar-refractivity contribution is 7.11. The number of hydrogen-bond donors (Lipinski definition) is 1. The lowest BCUT2D eigenvalue weighted by molar-refractivity contribution is 0.275. The molecule has 108 valence electrons. The van der Waals surface area contributed by atoms with E-state index in [1.807, 2.05) is 11.3 Å². The lowest BCUT2D eigenvalue weighted by Gasteiger charge is -2.33. The van der Waals surface area contributed by atoms with Crippen molar-refractivity contribution in [3.05, 3.63) is 15.6 Å². The Hall–Kier alpha value is -0.410. The van der Waals surface area contributed by atoms with Gasteiger partial charge >= 0.3 is 0 Å². The third kappa shape index (κ3) is 3.38. The summed E-state index contributed by atoms with van der Waals surface area (Å²) in [5.41, 5.74) is 1.45. The summed E-state index contributed by atoms with van der Waals surface area (Å²) in [5.74, 6) is 0. The maximum absolute atomic E-state index is 4.97. The number of aromatic nitrogens is 1. The number of nitrogens with zero attached hydrogens (tertiary/aromatic N) is 1. The van der Waals surface area contributed by atoms with Gasteiger partial charge in [-0.25, -0.2) is 4.98 Å². The molecule has 0 unspecified atom stereocenters. The molecule has 0 bridgehead atoms. The van der Waals surface area contributed by atoms with Crippen LogP contribution < -0.4 is 5.32 Å². The van der Waals surface area contributed by atoms with Gasteiger partial charge in [0.05, 0.1) is 11.2 Å². The third-order valence-corrected chi connectivity index (χ3v) is 5.27. The van der Waals surface area contributed by atoms with E-state index in [1.54, 1.807) is 0 Å². The second-order valence-electron chi connectivity index (χ2n) is 5.88. The zero-order chi connectivity index (χ0) is 13.9. The molecule has 0 atom stereocenters. The molecule has 1 aliphatic carbocycles. The van der Waals surface area contributed by atoms with Crippen molar-refractivity contribution in [1.82, 2.24) is 10.3 Å². The summed E-state index contributed by atoms with van der Waals surface area (Å²) >= 11 is 1.92. The molecule has 1 aromatic heterocycles. The van der Waals surface area contributed by atoms with Crippen molar-refractivity contribution in [2.75, 3.05) is 0 Å². The number of thiazole rings is 1. The number of rotatable bonds is 8. The van der Waals surface area contributed by atoms with Gasteiger partial charge in [-0.05, 0) is 39.0 Å². The van der Waals surface area contributed by atoms with E-state index < -0.39 is 0 Å². The molecule has 0 aromatic carbocycles. The molecule has 1 N–H and O–H groups in total. The lowest BCUT2D eigenvalue weighted by atomic mass is 9.89. The summed E-state index contributed by atoms with van der Waals surface area (Å²) in [6.45, 7) is 9.02. The van der Waals surface area contributed by atoms with Crippen LogP contribution in [-0.4, -0.2) is 11.0 Å². The van der Waals surface area contributed by atoms with Gasteiger partial charge in [0, 0.05) is 10.9 Å². The molecular formula is C16H28N2S. The van der Waals surface area contributed by atoms with Crippen LogP contribution in [0, 0.1) is 6.92 Å². The Morgan fingerprint density at radius 2 is 1.84 bits per heavy atom. The van der Waals surface area contributed by atoms with E-state index in [9.17, 15) is 0 Å². The van der Waals surface area contributed by atoms with Crippen LogP contribution >= 0.6 is 11.3 Å². The Balaban J connectivity index is 2.31. The number of nitrogens with one attached hydrogen (secondary N) is 1. The summed E-state index contributed by atoms with van der Waals surface area (Å²) in [5, 5.41) is 5.28. The Morgan fingerprint density at radius 1 is 1.21 bits per heavy atom. The molecule has 19 heavy (non-hydrogen) atoms. The fourth-order valence-electron chi connectivity index (χ4n) is 2.98. The molecule has 0 amide bonds. The standard InChI is InChI=1S/C16H28N2S/c1-5-10-16(11-6-2,18-13-8-9-13)15-17-14(7-3)12(4)19-15/h13,18H,5-11H2,1-4H3. The maximum atomic E-state index is 4.97. The molecule has 0 saturated heterocycles. The van der Waals surface area contributed by atoms with Gasteiger partial charge in [0.1, 0.15) is 5.01 Å². The minimum absolute atomic E-state index is 0.146. The van der Waals surface area contributed by atoms with Crippen molar-refractivity contribution < 1.29 is 0 Å². The molecule has 1 fully saturated rings. The highest BCUT2D eigenvalue weighted by atomic mass is 32.1. The van der Waals surface area contributed by atoms with Crippen LogP contribution in [0.5, 0.6) is 0 Å². The molecule has 1 aliphatic rings. The van der Waals surface area contributed by atoms with Crippen molar-refractivity contribution in [2.45, 2.75) is 84.2 Å². The molecule has 0 radical (unpaired) electrons. The normalized spacial score (nSPS) is 16.0. The van der Waals surface area contributed by atoms with Gasteiger partial charge in [-0.2, -0.15) is 0 Å². The Morgan fingerprint density at radius 3 is 2.26 bits per heavy atom. The Bertz CT molecular complexity index is 401. The van der Waals surface area contributed by atoms with E-state index in [4.69, 9.17) is 4.98 Å². The van der Waals surface area contributed by atoms with E-state index in [1.165, 1.54) is 54.1 Å². The first-order valence-corrected chi connectivity index (χ1v) is 8.71. The van der Waals surface area contributed by atoms with E-state index in [-0.39, 0.29) is 5.54 Å². The van der Waals surface area contributed by atoms with Crippen molar-refractivity contribution in [1.29, 1.82) is 0 Å². The van der Waals surface area contributed by atoms with Crippen molar-refractivity contribution in [3.63, 3.8) is 0 Å². The monoisotopic (exact) mass is 280 g/mol. The minimum atomic E-state index is 0.146. The van der Waals surface area contributed by atoms with Crippen molar-refractivity contribution in [2.24, 2.45) is 0 Å². The predicted octanol–water partition coefficient (Wildman–Crippen LogP) is 4.56. The second kappa shape index (κ2) is 6.36. The van der Waals surface area contributed by atoms with Crippen LogP contribution in [0.25, 0.3) is 0 Å². The Kier molecular flexibility index (Phi) is 5.02. The second-order valence-corrected chi connectivity index (χ2v) is 7.08. The molecule has 1 aromatic rings. The van der Waals surface area contributed by atoms with Gasteiger partial charge in [0.25, 0.3) is 0 Å². The molecule has 2 rings (SSSR count). The van der Waals surface area contributed by atoms with Crippen molar-refractivity contribution >= 4 is 11.3 Å². The smallest absolute Gasteiger partial charge is 0.113 e. The Labute approximate surface area is 122 Å². The summed E-state index contributed by atoms with van der Waals surface area (Å²) < 4.78 is 0. The van der Waals surface area contributed by atoms with Gasteiger partial charge in [0.15, 0.2) is 0 Å². The van der Waals surface area contributed by atoms with Crippen LogP contribution in [-0.2, 0) is 12.0 Å². The fraction of sp³-hybridized carbons (Fsp3) is 0.812. The molecular weight excluding hydrogens is 252 g/mol. The zero-order valence-electron chi connectivity index (χ0n) is 12.9. The summed E-state index contributed by atoms with van der Waals surface area (Å²) in [6.07, 6.45) is 8.63. The highest BCUT2D eigenvalue weighted by Crippen LogP contribution is 2.38. The van der Waals surface area contributed by atoms with Gasteiger partial charge in [-0.15, -0.1) is 11.3 Å². The summed E-state index contributed by atoms with van der Waals surface area (Å²) in [7, 11) is 0. The third-order valence-electron chi connectivity index (χ3n) is 4.05. The molecule has 1 saturated carbocycles. The first-order chi connectivity index (χ1) is 9.15. The molecule has 0 spiro atoms. The van der Waals surface area contributed by atoms with Gasteiger partial charge in [-0.3, -0.25) is 0 Å². The van der Waals surface area contributed by atoms with Gasteiger partial charge in [-0.1, -0.05) is 33.6 Å². The quantitative estimate of drug-likeness (QED) is 0.755.